The smallest absolute Gasteiger partial charge is 0.255 e. The first kappa shape index (κ1) is 22.6. The fraction of sp³-hybridized carbons (Fsp3) is 0.240. The molecule has 33 heavy (non-hydrogen) atoms. The Bertz CT molecular complexity index is 1240. The average molecular weight is 464 g/mol. The highest BCUT2D eigenvalue weighted by Crippen LogP contribution is 2.21. The lowest BCUT2D eigenvalue weighted by Crippen LogP contribution is -2.14. The van der Waals surface area contributed by atoms with Gasteiger partial charge in [0.1, 0.15) is 19.0 Å². The molecule has 0 atom stereocenters. The van der Waals surface area contributed by atoms with Gasteiger partial charge in [-0.25, -0.2) is 9.36 Å². The van der Waals surface area contributed by atoms with E-state index in [9.17, 15) is 4.79 Å². The Morgan fingerprint density at radius 3 is 2.39 bits per heavy atom. The first-order chi connectivity index (χ1) is 15.9. The highest BCUT2D eigenvalue weighted by molar-refractivity contribution is 6.30. The Kier molecular flexibility index (Phi) is 6.79. The predicted octanol–water partition coefficient (Wildman–Crippen LogP) is 5.25. The van der Waals surface area contributed by atoms with Crippen LogP contribution in [0.4, 0.5) is 5.69 Å². The van der Waals surface area contributed by atoms with E-state index in [0.717, 1.165) is 29.1 Å². The number of anilines is 1. The van der Waals surface area contributed by atoms with Crippen LogP contribution in [0.2, 0.25) is 5.02 Å². The van der Waals surface area contributed by atoms with E-state index in [0.29, 0.717) is 29.5 Å². The van der Waals surface area contributed by atoms with Gasteiger partial charge in [-0.3, -0.25) is 4.79 Å². The van der Waals surface area contributed by atoms with E-state index >= 15 is 0 Å². The van der Waals surface area contributed by atoms with Crippen LogP contribution in [0.3, 0.4) is 0 Å². The SMILES string of the molecule is CCc1ccc(OCc2ccc(C(=O)Nc3c(C)nn(Cn4cc(Cl)cn4)c3C)cc2)cc1. The van der Waals surface area contributed by atoms with Crippen LogP contribution < -0.4 is 10.1 Å². The Morgan fingerprint density at radius 1 is 1.06 bits per heavy atom. The van der Waals surface area contributed by atoms with E-state index < -0.39 is 0 Å². The van der Waals surface area contributed by atoms with Crippen molar-refractivity contribution in [3.63, 3.8) is 0 Å². The molecule has 8 heteroatoms. The number of hydrogen-bond acceptors (Lipinski definition) is 4. The van der Waals surface area contributed by atoms with E-state index in [2.05, 4.69) is 34.6 Å². The molecule has 2 aromatic heterocycles. The summed E-state index contributed by atoms with van der Waals surface area (Å²) >= 11 is 5.93. The minimum Gasteiger partial charge on any atom is -0.489 e. The summed E-state index contributed by atoms with van der Waals surface area (Å²) in [5.41, 5.74) is 5.10. The van der Waals surface area contributed by atoms with Crippen molar-refractivity contribution in [1.82, 2.24) is 19.6 Å². The van der Waals surface area contributed by atoms with Gasteiger partial charge in [0.05, 0.1) is 28.3 Å². The summed E-state index contributed by atoms with van der Waals surface area (Å²) in [7, 11) is 0. The number of hydrogen-bond donors (Lipinski definition) is 1. The van der Waals surface area contributed by atoms with Crippen molar-refractivity contribution < 1.29 is 9.53 Å². The molecular weight excluding hydrogens is 438 g/mol. The van der Waals surface area contributed by atoms with Crippen LogP contribution in [0.1, 0.15) is 39.8 Å². The molecule has 0 aliphatic rings. The molecule has 0 saturated heterocycles. The monoisotopic (exact) mass is 463 g/mol. The quantitative estimate of drug-likeness (QED) is 0.387. The Balaban J connectivity index is 1.38. The van der Waals surface area contributed by atoms with Crippen molar-refractivity contribution in [3.05, 3.63) is 94.0 Å². The van der Waals surface area contributed by atoms with Crippen molar-refractivity contribution in [2.45, 2.75) is 40.5 Å². The lowest BCUT2D eigenvalue weighted by Gasteiger charge is -2.09. The van der Waals surface area contributed by atoms with Gasteiger partial charge in [-0.1, -0.05) is 42.8 Å². The van der Waals surface area contributed by atoms with Gasteiger partial charge in [-0.15, -0.1) is 0 Å². The van der Waals surface area contributed by atoms with Crippen molar-refractivity contribution in [2.75, 3.05) is 5.32 Å². The van der Waals surface area contributed by atoms with E-state index in [1.807, 2.05) is 38.1 Å². The van der Waals surface area contributed by atoms with E-state index in [1.54, 1.807) is 33.9 Å². The normalized spacial score (nSPS) is 10.9. The lowest BCUT2D eigenvalue weighted by molar-refractivity contribution is 0.102. The second-order valence-corrected chi connectivity index (χ2v) is 8.26. The molecule has 2 aromatic carbocycles. The second kappa shape index (κ2) is 9.92. The van der Waals surface area contributed by atoms with Gasteiger partial charge >= 0.3 is 0 Å². The summed E-state index contributed by atoms with van der Waals surface area (Å²) in [6, 6.07) is 15.5. The van der Waals surface area contributed by atoms with Crippen molar-refractivity contribution in [3.8, 4) is 5.75 Å². The third-order valence-corrected chi connectivity index (χ3v) is 5.65. The average Bonchev–Trinajstić information content (AvgIpc) is 3.35. The predicted molar refractivity (Wildman–Crippen MR) is 129 cm³/mol. The summed E-state index contributed by atoms with van der Waals surface area (Å²) < 4.78 is 9.31. The minimum atomic E-state index is -0.189. The molecule has 4 aromatic rings. The minimum absolute atomic E-state index is 0.189. The summed E-state index contributed by atoms with van der Waals surface area (Å²) in [6.07, 6.45) is 4.30. The molecule has 1 amide bonds. The number of aromatic nitrogens is 4. The van der Waals surface area contributed by atoms with Crippen LogP contribution >= 0.6 is 11.6 Å². The number of amides is 1. The van der Waals surface area contributed by atoms with Gasteiger partial charge in [0, 0.05) is 11.8 Å². The maximum absolute atomic E-state index is 12.8. The van der Waals surface area contributed by atoms with Crippen LogP contribution in [-0.2, 0) is 19.7 Å². The molecule has 4 rings (SSSR count). The molecular formula is C25H26ClN5O2. The van der Waals surface area contributed by atoms with Crippen molar-refractivity contribution >= 4 is 23.2 Å². The number of rotatable bonds is 8. The van der Waals surface area contributed by atoms with Gasteiger partial charge in [0.2, 0.25) is 0 Å². The van der Waals surface area contributed by atoms with Gasteiger partial charge < -0.3 is 10.1 Å². The standard InChI is InChI=1S/C25H26ClN5O2/c1-4-19-7-11-23(12-8-19)33-15-20-5-9-21(10-6-20)25(32)28-24-17(2)29-31(18(24)3)16-30-14-22(26)13-27-30/h5-14H,4,15-16H2,1-3H3,(H,28,32). The highest BCUT2D eigenvalue weighted by atomic mass is 35.5. The molecule has 0 aliphatic carbocycles. The Labute approximate surface area is 197 Å². The zero-order valence-electron chi connectivity index (χ0n) is 18.9. The van der Waals surface area contributed by atoms with Crippen LogP contribution in [0.25, 0.3) is 0 Å². The fourth-order valence-electron chi connectivity index (χ4n) is 3.49. The first-order valence-electron chi connectivity index (χ1n) is 10.8. The molecule has 0 fully saturated rings. The van der Waals surface area contributed by atoms with Crippen molar-refractivity contribution in [2.24, 2.45) is 0 Å². The number of halogens is 1. The number of ether oxygens (including phenoxy) is 1. The molecule has 0 unspecified atom stereocenters. The zero-order valence-corrected chi connectivity index (χ0v) is 19.6. The van der Waals surface area contributed by atoms with Gasteiger partial charge in [0.15, 0.2) is 0 Å². The molecule has 0 radical (unpaired) electrons. The highest BCUT2D eigenvalue weighted by Gasteiger charge is 2.16. The summed E-state index contributed by atoms with van der Waals surface area (Å²) in [6.45, 7) is 6.75. The van der Waals surface area contributed by atoms with Gasteiger partial charge in [-0.2, -0.15) is 10.2 Å². The van der Waals surface area contributed by atoms with Crippen LogP contribution in [-0.4, -0.2) is 25.5 Å². The third kappa shape index (κ3) is 5.43. The molecule has 7 nitrogen and oxygen atoms in total. The zero-order chi connectivity index (χ0) is 23.4. The van der Waals surface area contributed by atoms with Gasteiger partial charge in [0.25, 0.3) is 5.91 Å². The molecule has 0 aliphatic heterocycles. The Morgan fingerprint density at radius 2 is 1.76 bits per heavy atom. The fourth-order valence-corrected chi connectivity index (χ4v) is 3.65. The van der Waals surface area contributed by atoms with Gasteiger partial charge in [-0.05, 0) is 55.7 Å². The lowest BCUT2D eigenvalue weighted by atomic mass is 10.1. The van der Waals surface area contributed by atoms with Crippen LogP contribution in [0.15, 0.2) is 60.9 Å². The van der Waals surface area contributed by atoms with Crippen LogP contribution in [0, 0.1) is 13.8 Å². The summed E-state index contributed by atoms with van der Waals surface area (Å²) in [4.78, 5) is 12.8. The maximum Gasteiger partial charge on any atom is 0.255 e. The number of aryl methyl sites for hydroxylation is 2. The molecule has 170 valence electrons. The number of nitrogens with one attached hydrogen (secondary N) is 1. The largest absolute Gasteiger partial charge is 0.489 e. The van der Waals surface area contributed by atoms with Crippen molar-refractivity contribution in [1.29, 1.82) is 0 Å². The van der Waals surface area contributed by atoms with E-state index in [4.69, 9.17) is 16.3 Å². The topological polar surface area (TPSA) is 74.0 Å². The first-order valence-corrected chi connectivity index (χ1v) is 11.1. The molecule has 1 N–H and O–H groups in total. The number of carbonyl (C=O) groups is 1. The maximum atomic E-state index is 12.8. The molecule has 0 bridgehead atoms. The second-order valence-electron chi connectivity index (χ2n) is 7.82. The Hall–Kier alpha value is -3.58. The summed E-state index contributed by atoms with van der Waals surface area (Å²) in [5.74, 6) is 0.639. The molecule has 0 spiro atoms. The number of nitrogens with zero attached hydrogens (tertiary/aromatic N) is 4. The van der Waals surface area contributed by atoms with E-state index in [1.165, 1.54) is 5.56 Å². The number of benzene rings is 2. The third-order valence-electron chi connectivity index (χ3n) is 5.45. The van der Waals surface area contributed by atoms with E-state index in [-0.39, 0.29) is 5.91 Å². The molecule has 0 saturated carbocycles. The summed E-state index contributed by atoms with van der Waals surface area (Å²) in [5, 5.41) is 12.2. The number of carbonyl (C=O) groups excluding carboxylic acids is 1. The molecule has 2 heterocycles. The van der Waals surface area contributed by atoms with Crippen LogP contribution in [0.5, 0.6) is 5.75 Å².